The maximum Gasteiger partial charge on any atom is 0.337 e. The number of rotatable bonds is 3. The first-order chi connectivity index (χ1) is 8.56. The van der Waals surface area contributed by atoms with Crippen molar-refractivity contribution < 1.29 is 9.90 Å². The number of aromatic nitrogens is 1. The van der Waals surface area contributed by atoms with Gasteiger partial charge in [-0.1, -0.05) is 29.5 Å². The number of carbonyl (C=O) groups is 1. The van der Waals surface area contributed by atoms with Crippen molar-refractivity contribution in [3.8, 4) is 0 Å². The first-order valence-electron chi connectivity index (χ1n) is 5.51. The summed E-state index contributed by atoms with van der Waals surface area (Å²) in [5.41, 5.74) is 2.63. The predicted molar refractivity (Wildman–Crippen MR) is 71.2 cm³/mol. The van der Waals surface area contributed by atoms with Crippen LogP contribution in [0, 0.1) is 13.8 Å². The Morgan fingerprint density at radius 3 is 2.56 bits per heavy atom. The molecule has 0 saturated carbocycles. The fourth-order valence-electron chi connectivity index (χ4n) is 1.59. The summed E-state index contributed by atoms with van der Waals surface area (Å²) in [5, 5.41) is 9.59. The highest BCUT2D eigenvalue weighted by molar-refractivity contribution is 7.99. The zero-order chi connectivity index (χ0) is 13.1. The number of carboxylic acid groups (broad SMARTS) is 1. The molecule has 4 heteroatoms. The largest absolute Gasteiger partial charge is 0.478 e. The minimum Gasteiger partial charge on any atom is -0.478 e. The van der Waals surface area contributed by atoms with Crippen LogP contribution in [0.1, 0.15) is 21.5 Å². The Balaban J connectivity index is 2.21. The van der Waals surface area contributed by atoms with E-state index in [1.165, 1.54) is 29.1 Å². The van der Waals surface area contributed by atoms with Crippen LogP contribution >= 0.6 is 11.8 Å². The fourth-order valence-corrected chi connectivity index (χ4v) is 2.42. The molecule has 0 saturated heterocycles. The van der Waals surface area contributed by atoms with Crippen molar-refractivity contribution in [1.82, 2.24) is 4.98 Å². The van der Waals surface area contributed by atoms with Gasteiger partial charge in [0.15, 0.2) is 0 Å². The molecule has 1 aromatic heterocycles. The monoisotopic (exact) mass is 259 g/mol. The van der Waals surface area contributed by atoms with Crippen LogP contribution in [-0.2, 0) is 0 Å². The Morgan fingerprint density at radius 1 is 1.22 bits per heavy atom. The summed E-state index contributed by atoms with van der Waals surface area (Å²) >= 11 is 1.54. The number of carboxylic acids is 1. The average molecular weight is 259 g/mol. The van der Waals surface area contributed by atoms with E-state index in [0.717, 1.165) is 9.92 Å². The van der Waals surface area contributed by atoms with Gasteiger partial charge in [0, 0.05) is 11.1 Å². The van der Waals surface area contributed by atoms with Gasteiger partial charge >= 0.3 is 5.97 Å². The van der Waals surface area contributed by atoms with Gasteiger partial charge in [-0.25, -0.2) is 9.78 Å². The number of pyridine rings is 1. The van der Waals surface area contributed by atoms with E-state index in [4.69, 9.17) is 5.11 Å². The molecule has 0 amide bonds. The Morgan fingerprint density at radius 2 is 2.00 bits per heavy atom. The molecule has 2 rings (SSSR count). The molecule has 18 heavy (non-hydrogen) atoms. The van der Waals surface area contributed by atoms with Gasteiger partial charge in [0.05, 0.1) is 5.56 Å². The molecular weight excluding hydrogens is 246 g/mol. The quantitative estimate of drug-likeness (QED) is 0.915. The number of aromatic carboxylic acids is 1. The SMILES string of the molecule is Cc1ccc(Sc2ccc(C(=O)O)cn2)c(C)c1. The Hall–Kier alpha value is -1.81. The Bertz CT molecular complexity index is 579. The molecule has 0 radical (unpaired) electrons. The third-order valence-corrected chi connectivity index (χ3v) is 3.66. The second-order valence-electron chi connectivity index (χ2n) is 4.06. The van der Waals surface area contributed by atoms with Gasteiger partial charge in [-0.05, 0) is 37.6 Å². The topological polar surface area (TPSA) is 50.2 Å². The lowest BCUT2D eigenvalue weighted by Gasteiger charge is -2.06. The van der Waals surface area contributed by atoms with Crippen molar-refractivity contribution in [2.45, 2.75) is 23.8 Å². The van der Waals surface area contributed by atoms with Crippen LogP contribution in [0.5, 0.6) is 0 Å². The highest BCUT2D eigenvalue weighted by Gasteiger charge is 2.05. The maximum absolute atomic E-state index is 10.7. The van der Waals surface area contributed by atoms with Crippen LogP contribution < -0.4 is 0 Å². The average Bonchev–Trinajstić information content (AvgIpc) is 2.33. The molecule has 1 N–H and O–H groups in total. The third-order valence-electron chi connectivity index (χ3n) is 2.53. The molecule has 92 valence electrons. The van der Waals surface area contributed by atoms with Crippen LogP contribution in [0.15, 0.2) is 46.5 Å². The van der Waals surface area contributed by atoms with Gasteiger partial charge in [0.1, 0.15) is 5.03 Å². The summed E-state index contributed by atoms with van der Waals surface area (Å²) in [6, 6.07) is 9.53. The molecule has 0 fully saturated rings. The number of nitrogens with zero attached hydrogens (tertiary/aromatic N) is 1. The van der Waals surface area contributed by atoms with Crippen molar-refractivity contribution in [1.29, 1.82) is 0 Å². The van der Waals surface area contributed by atoms with Crippen LogP contribution in [-0.4, -0.2) is 16.1 Å². The highest BCUT2D eigenvalue weighted by Crippen LogP contribution is 2.29. The van der Waals surface area contributed by atoms with Crippen molar-refractivity contribution in [3.63, 3.8) is 0 Å². The predicted octanol–water partition coefficient (Wildman–Crippen LogP) is 3.55. The minimum absolute atomic E-state index is 0.208. The van der Waals surface area contributed by atoms with Crippen molar-refractivity contribution in [3.05, 3.63) is 53.2 Å². The highest BCUT2D eigenvalue weighted by atomic mass is 32.2. The molecule has 0 aliphatic heterocycles. The van der Waals surface area contributed by atoms with Crippen molar-refractivity contribution >= 4 is 17.7 Å². The second kappa shape index (κ2) is 5.23. The van der Waals surface area contributed by atoms with Gasteiger partial charge < -0.3 is 5.11 Å². The van der Waals surface area contributed by atoms with E-state index >= 15 is 0 Å². The zero-order valence-corrected chi connectivity index (χ0v) is 11.0. The summed E-state index contributed by atoms with van der Waals surface area (Å²) < 4.78 is 0. The first kappa shape index (κ1) is 12.6. The first-order valence-corrected chi connectivity index (χ1v) is 6.32. The summed E-state index contributed by atoms with van der Waals surface area (Å²) in [6.07, 6.45) is 1.38. The lowest BCUT2D eigenvalue weighted by molar-refractivity contribution is 0.0696. The van der Waals surface area contributed by atoms with E-state index in [1.54, 1.807) is 12.1 Å². The lowest BCUT2D eigenvalue weighted by Crippen LogP contribution is -1.96. The second-order valence-corrected chi connectivity index (χ2v) is 5.12. The molecular formula is C14H13NO2S. The molecule has 0 atom stereocenters. The molecule has 0 unspecified atom stereocenters. The molecule has 2 aromatic rings. The van der Waals surface area contributed by atoms with Gasteiger partial charge in [-0.3, -0.25) is 0 Å². The molecule has 1 aromatic carbocycles. The minimum atomic E-state index is -0.953. The Labute approximate surface area is 110 Å². The van der Waals surface area contributed by atoms with Gasteiger partial charge in [-0.2, -0.15) is 0 Å². The molecule has 1 heterocycles. The fraction of sp³-hybridized carbons (Fsp3) is 0.143. The van der Waals surface area contributed by atoms with Crippen LogP contribution in [0.4, 0.5) is 0 Å². The van der Waals surface area contributed by atoms with Gasteiger partial charge in [-0.15, -0.1) is 0 Å². The number of benzene rings is 1. The van der Waals surface area contributed by atoms with E-state index in [2.05, 4.69) is 37.0 Å². The molecule has 0 aliphatic rings. The summed E-state index contributed by atoms with van der Waals surface area (Å²) in [4.78, 5) is 16.0. The molecule has 0 aliphatic carbocycles. The normalized spacial score (nSPS) is 10.3. The Kier molecular flexibility index (Phi) is 3.67. The molecule has 0 bridgehead atoms. The smallest absolute Gasteiger partial charge is 0.337 e. The summed E-state index contributed by atoms with van der Waals surface area (Å²) in [6.45, 7) is 4.11. The van der Waals surface area contributed by atoms with Crippen LogP contribution in [0.25, 0.3) is 0 Å². The molecule has 3 nitrogen and oxygen atoms in total. The summed E-state index contributed by atoms with van der Waals surface area (Å²) in [5.74, 6) is -0.953. The zero-order valence-electron chi connectivity index (χ0n) is 10.2. The van der Waals surface area contributed by atoms with Crippen molar-refractivity contribution in [2.24, 2.45) is 0 Å². The van der Waals surface area contributed by atoms with E-state index in [-0.39, 0.29) is 5.56 Å². The maximum atomic E-state index is 10.7. The standard InChI is InChI=1S/C14H13NO2S/c1-9-3-5-12(10(2)7-9)18-13-6-4-11(8-15-13)14(16)17/h3-8H,1-2H3,(H,16,17). The van der Waals surface area contributed by atoms with Crippen LogP contribution in [0.3, 0.4) is 0 Å². The lowest BCUT2D eigenvalue weighted by atomic mass is 10.2. The van der Waals surface area contributed by atoms with Gasteiger partial charge in [0.25, 0.3) is 0 Å². The van der Waals surface area contributed by atoms with E-state index in [1.807, 2.05) is 0 Å². The van der Waals surface area contributed by atoms with Crippen molar-refractivity contribution in [2.75, 3.05) is 0 Å². The van der Waals surface area contributed by atoms with E-state index in [0.29, 0.717) is 0 Å². The molecule has 0 spiro atoms. The summed E-state index contributed by atoms with van der Waals surface area (Å²) in [7, 11) is 0. The number of hydrogen-bond donors (Lipinski definition) is 1. The van der Waals surface area contributed by atoms with E-state index < -0.39 is 5.97 Å². The third kappa shape index (κ3) is 2.90. The van der Waals surface area contributed by atoms with E-state index in [9.17, 15) is 4.79 Å². The van der Waals surface area contributed by atoms with Gasteiger partial charge in [0.2, 0.25) is 0 Å². The number of aryl methyl sites for hydroxylation is 2. The number of hydrogen-bond acceptors (Lipinski definition) is 3. The van der Waals surface area contributed by atoms with Crippen LogP contribution in [0.2, 0.25) is 0 Å².